The highest BCUT2D eigenvalue weighted by Crippen LogP contribution is 2.16. The Balaban J connectivity index is 1.90. The molecule has 2 heterocycles. The SMILES string of the molecule is CCc1ccc(CNC(=NCC(=O)N(C)C)NCCc2cccs2)s1. The molecule has 25 heavy (non-hydrogen) atoms. The highest BCUT2D eigenvalue weighted by atomic mass is 32.1. The van der Waals surface area contributed by atoms with Crippen LogP contribution in [0.25, 0.3) is 0 Å². The quantitative estimate of drug-likeness (QED) is 0.549. The normalized spacial score (nSPS) is 11.4. The zero-order valence-corrected chi connectivity index (χ0v) is 16.7. The number of hydrogen-bond acceptors (Lipinski definition) is 4. The molecule has 0 fully saturated rings. The van der Waals surface area contributed by atoms with E-state index in [0.717, 1.165) is 19.4 Å². The second-order valence-electron chi connectivity index (χ2n) is 5.78. The lowest BCUT2D eigenvalue weighted by atomic mass is 10.3. The Morgan fingerprint density at radius 2 is 1.96 bits per heavy atom. The van der Waals surface area contributed by atoms with E-state index < -0.39 is 0 Å². The summed E-state index contributed by atoms with van der Waals surface area (Å²) in [6.45, 7) is 3.81. The molecule has 2 aromatic rings. The molecule has 2 N–H and O–H groups in total. The molecule has 0 bridgehead atoms. The minimum absolute atomic E-state index is 0.0104. The van der Waals surface area contributed by atoms with E-state index >= 15 is 0 Å². The van der Waals surface area contributed by atoms with Gasteiger partial charge in [0.05, 0.1) is 6.54 Å². The van der Waals surface area contributed by atoms with E-state index in [4.69, 9.17) is 0 Å². The van der Waals surface area contributed by atoms with Crippen LogP contribution in [0.15, 0.2) is 34.6 Å². The number of aliphatic imine (C=N–C) groups is 1. The number of amides is 1. The molecule has 0 spiro atoms. The summed E-state index contributed by atoms with van der Waals surface area (Å²) in [5.74, 6) is 0.668. The molecule has 0 radical (unpaired) electrons. The van der Waals surface area contributed by atoms with Crippen molar-refractivity contribution in [2.45, 2.75) is 26.3 Å². The zero-order valence-electron chi connectivity index (χ0n) is 15.0. The number of likely N-dealkylation sites (N-methyl/N-ethyl adjacent to an activating group) is 1. The number of carbonyl (C=O) groups is 1. The first kappa shape index (κ1) is 19.5. The van der Waals surface area contributed by atoms with Crippen LogP contribution in [-0.4, -0.2) is 44.0 Å². The number of nitrogens with zero attached hydrogens (tertiary/aromatic N) is 2. The van der Waals surface area contributed by atoms with Crippen LogP contribution in [0.2, 0.25) is 0 Å². The number of rotatable bonds is 8. The van der Waals surface area contributed by atoms with Gasteiger partial charge in [-0.15, -0.1) is 22.7 Å². The third-order valence-corrected chi connectivity index (χ3v) is 5.78. The minimum atomic E-state index is -0.0104. The fourth-order valence-electron chi connectivity index (χ4n) is 2.10. The fourth-order valence-corrected chi connectivity index (χ4v) is 3.71. The van der Waals surface area contributed by atoms with Crippen LogP contribution in [0, 0.1) is 0 Å². The molecule has 0 saturated heterocycles. The maximum Gasteiger partial charge on any atom is 0.243 e. The van der Waals surface area contributed by atoms with Crippen LogP contribution in [0.5, 0.6) is 0 Å². The van der Waals surface area contributed by atoms with Gasteiger partial charge in [-0.1, -0.05) is 13.0 Å². The van der Waals surface area contributed by atoms with Crippen LogP contribution in [0.1, 0.15) is 21.6 Å². The van der Waals surface area contributed by atoms with Crippen molar-refractivity contribution in [2.24, 2.45) is 4.99 Å². The molecule has 2 aromatic heterocycles. The van der Waals surface area contributed by atoms with E-state index in [9.17, 15) is 4.79 Å². The molecular formula is C18H26N4OS2. The highest BCUT2D eigenvalue weighted by molar-refractivity contribution is 7.12. The zero-order chi connectivity index (χ0) is 18.1. The first-order valence-electron chi connectivity index (χ1n) is 8.40. The number of carbonyl (C=O) groups excluding carboxylic acids is 1. The Bertz CT molecular complexity index is 677. The second-order valence-corrected chi connectivity index (χ2v) is 8.07. The van der Waals surface area contributed by atoms with E-state index in [-0.39, 0.29) is 12.5 Å². The van der Waals surface area contributed by atoms with Gasteiger partial charge < -0.3 is 15.5 Å². The summed E-state index contributed by atoms with van der Waals surface area (Å²) in [7, 11) is 3.49. The van der Waals surface area contributed by atoms with Crippen molar-refractivity contribution < 1.29 is 4.79 Å². The third kappa shape index (κ3) is 6.88. The average Bonchev–Trinajstić information content (AvgIpc) is 3.27. The molecule has 136 valence electrons. The number of hydrogen-bond donors (Lipinski definition) is 2. The van der Waals surface area contributed by atoms with Gasteiger partial charge in [0.1, 0.15) is 6.54 Å². The van der Waals surface area contributed by atoms with Crippen molar-refractivity contribution >= 4 is 34.5 Å². The van der Waals surface area contributed by atoms with Crippen molar-refractivity contribution in [3.63, 3.8) is 0 Å². The van der Waals surface area contributed by atoms with E-state index in [0.29, 0.717) is 12.5 Å². The number of thiophene rings is 2. The summed E-state index contributed by atoms with van der Waals surface area (Å²) in [4.78, 5) is 21.7. The summed E-state index contributed by atoms with van der Waals surface area (Å²) in [6.07, 6.45) is 2.00. The van der Waals surface area contributed by atoms with Gasteiger partial charge in [0, 0.05) is 35.3 Å². The molecule has 0 aliphatic carbocycles. The predicted octanol–water partition coefficient (Wildman–Crippen LogP) is 2.74. The first-order valence-corrected chi connectivity index (χ1v) is 10.1. The van der Waals surface area contributed by atoms with Crippen molar-refractivity contribution in [1.29, 1.82) is 0 Å². The molecule has 0 unspecified atom stereocenters. The highest BCUT2D eigenvalue weighted by Gasteiger charge is 2.06. The molecule has 5 nitrogen and oxygen atoms in total. The first-order chi connectivity index (χ1) is 12.1. The van der Waals surface area contributed by atoms with Gasteiger partial charge in [0.15, 0.2) is 5.96 Å². The molecule has 0 aromatic carbocycles. The standard InChI is InChI=1S/C18H26N4OS2/c1-4-14-7-8-16(25-14)12-20-18(21-13-17(23)22(2)3)19-10-9-15-6-5-11-24-15/h5-8,11H,4,9-10,12-13H2,1-3H3,(H2,19,20,21). The summed E-state index contributed by atoms with van der Waals surface area (Å²) < 4.78 is 0. The fraction of sp³-hybridized carbons (Fsp3) is 0.444. The van der Waals surface area contributed by atoms with Crippen molar-refractivity contribution in [3.05, 3.63) is 44.3 Å². The molecule has 2 rings (SSSR count). The van der Waals surface area contributed by atoms with Crippen molar-refractivity contribution in [1.82, 2.24) is 15.5 Å². The van der Waals surface area contributed by atoms with Gasteiger partial charge in [-0.3, -0.25) is 4.79 Å². The predicted molar refractivity (Wildman–Crippen MR) is 108 cm³/mol. The third-order valence-electron chi connectivity index (χ3n) is 3.61. The second kappa shape index (κ2) is 10.2. The minimum Gasteiger partial charge on any atom is -0.356 e. The molecule has 1 amide bonds. The Kier molecular flexibility index (Phi) is 7.94. The summed E-state index contributed by atoms with van der Waals surface area (Å²) in [5.41, 5.74) is 0. The Morgan fingerprint density at radius 3 is 2.60 bits per heavy atom. The monoisotopic (exact) mass is 378 g/mol. The molecule has 7 heteroatoms. The van der Waals surface area contributed by atoms with Crippen molar-refractivity contribution in [2.75, 3.05) is 27.2 Å². The van der Waals surface area contributed by atoms with E-state index in [1.807, 2.05) is 11.3 Å². The average molecular weight is 379 g/mol. The van der Waals surface area contributed by atoms with Gasteiger partial charge >= 0.3 is 0 Å². The van der Waals surface area contributed by atoms with Gasteiger partial charge in [-0.2, -0.15) is 0 Å². The van der Waals surface area contributed by atoms with Crippen LogP contribution in [-0.2, 0) is 24.2 Å². The lowest BCUT2D eigenvalue weighted by molar-refractivity contribution is -0.127. The Hall–Kier alpha value is -1.86. The van der Waals surface area contributed by atoms with E-state index in [1.165, 1.54) is 14.6 Å². The number of guanidine groups is 1. The van der Waals surface area contributed by atoms with E-state index in [2.05, 4.69) is 52.2 Å². The summed E-state index contributed by atoms with van der Waals surface area (Å²) in [6, 6.07) is 8.50. The molecular weight excluding hydrogens is 352 g/mol. The molecule has 0 atom stereocenters. The summed E-state index contributed by atoms with van der Waals surface area (Å²) >= 11 is 3.56. The molecule has 0 aliphatic heterocycles. The van der Waals surface area contributed by atoms with E-state index in [1.54, 1.807) is 30.3 Å². The lowest BCUT2D eigenvalue weighted by Gasteiger charge is -2.13. The largest absolute Gasteiger partial charge is 0.356 e. The molecule has 0 aliphatic rings. The van der Waals surface area contributed by atoms with Gasteiger partial charge in [0.2, 0.25) is 5.91 Å². The van der Waals surface area contributed by atoms with Crippen LogP contribution in [0.4, 0.5) is 0 Å². The number of aryl methyl sites for hydroxylation is 1. The summed E-state index contributed by atoms with van der Waals surface area (Å²) in [5, 5.41) is 8.74. The Labute approximate surface area is 157 Å². The van der Waals surface area contributed by atoms with Crippen LogP contribution >= 0.6 is 22.7 Å². The maximum atomic E-state index is 11.8. The molecule has 0 saturated carbocycles. The van der Waals surface area contributed by atoms with Crippen LogP contribution in [0.3, 0.4) is 0 Å². The topological polar surface area (TPSA) is 56.7 Å². The lowest BCUT2D eigenvalue weighted by Crippen LogP contribution is -2.39. The van der Waals surface area contributed by atoms with Gasteiger partial charge in [-0.25, -0.2) is 4.99 Å². The van der Waals surface area contributed by atoms with Crippen molar-refractivity contribution in [3.8, 4) is 0 Å². The number of nitrogens with one attached hydrogen (secondary N) is 2. The maximum absolute atomic E-state index is 11.8. The van der Waals surface area contributed by atoms with Gasteiger partial charge in [0.25, 0.3) is 0 Å². The van der Waals surface area contributed by atoms with Crippen LogP contribution < -0.4 is 10.6 Å². The smallest absolute Gasteiger partial charge is 0.243 e. The Morgan fingerprint density at radius 1 is 1.16 bits per heavy atom. The van der Waals surface area contributed by atoms with Gasteiger partial charge in [-0.05, 0) is 36.4 Å².